The van der Waals surface area contributed by atoms with Gasteiger partial charge in [-0.15, -0.1) is 0 Å². The molecule has 0 bridgehead atoms. The molecule has 0 radical (unpaired) electrons. The van der Waals surface area contributed by atoms with E-state index >= 15 is 0 Å². The fourth-order valence-corrected chi connectivity index (χ4v) is 2.51. The van der Waals surface area contributed by atoms with Crippen LogP contribution in [0.15, 0.2) is 24.3 Å². The van der Waals surface area contributed by atoms with Crippen molar-refractivity contribution in [1.29, 1.82) is 0 Å². The monoisotopic (exact) mass is 278 g/mol. The first-order chi connectivity index (χ1) is 9.54. The summed E-state index contributed by atoms with van der Waals surface area (Å²) in [5.41, 5.74) is 6.83. The molecule has 1 saturated carbocycles. The molecule has 0 aliphatic heterocycles. The summed E-state index contributed by atoms with van der Waals surface area (Å²) in [6.07, 6.45) is 3.30. The summed E-state index contributed by atoms with van der Waals surface area (Å²) in [4.78, 5) is 12.0. The zero-order valence-corrected chi connectivity index (χ0v) is 11.5. The Morgan fingerprint density at radius 3 is 2.45 bits per heavy atom. The molecule has 1 amide bonds. The van der Waals surface area contributed by atoms with Crippen LogP contribution < -0.4 is 11.1 Å². The third-order valence-electron chi connectivity index (χ3n) is 3.77. The first-order valence-electron chi connectivity index (χ1n) is 7.06. The highest BCUT2D eigenvalue weighted by molar-refractivity contribution is 5.82. The number of phenols is 1. The van der Waals surface area contributed by atoms with Crippen molar-refractivity contribution >= 4 is 5.91 Å². The molecule has 0 heterocycles. The van der Waals surface area contributed by atoms with Crippen LogP contribution in [0.1, 0.15) is 31.2 Å². The highest BCUT2D eigenvalue weighted by atomic mass is 16.3. The average molecular weight is 278 g/mol. The van der Waals surface area contributed by atoms with Gasteiger partial charge in [-0.05, 0) is 49.8 Å². The Morgan fingerprint density at radius 2 is 1.85 bits per heavy atom. The second-order valence-electron chi connectivity index (χ2n) is 5.49. The molecule has 5 N–H and O–H groups in total. The van der Waals surface area contributed by atoms with E-state index in [0.717, 1.165) is 31.2 Å². The second-order valence-corrected chi connectivity index (χ2v) is 5.49. The largest absolute Gasteiger partial charge is 0.508 e. The number of hydrogen-bond acceptors (Lipinski definition) is 4. The van der Waals surface area contributed by atoms with Gasteiger partial charge in [0.05, 0.1) is 12.1 Å². The van der Waals surface area contributed by atoms with Crippen molar-refractivity contribution in [3.8, 4) is 5.75 Å². The molecule has 0 aromatic heterocycles. The Kier molecular flexibility index (Phi) is 4.98. The lowest BCUT2D eigenvalue weighted by Crippen LogP contribution is -2.47. The quantitative estimate of drug-likeness (QED) is 0.651. The molecule has 5 heteroatoms. The standard InChI is InChI=1S/C15H22N2O3/c16-14(9-10-1-5-12(18)6-2-10)15(20)17-11-3-7-13(19)8-4-11/h1-2,5-6,11,13-14,18-19H,3-4,7-9,16H2,(H,17,20)/t11?,13?,14-/m0/s1. The molecule has 0 unspecified atom stereocenters. The fourth-order valence-electron chi connectivity index (χ4n) is 2.51. The molecule has 1 aliphatic carbocycles. The summed E-state index contributed by atoms with van der Waals surface area (Å²) in [6.45, 7) is 0. The van der Waals surface area contributed by atoms with E-state index in [4.69, 9.17) is 5.73 Å². The lowest BCUT2D eigenvalue weighted by Gasteiger charge is -2.27. The summed E-state index contributed by atoms with van der Waals surface area (Å²) >= 11 is 0. The Bertz CT molecular complexity index is 439. The summed E-state index contributed by atoms with van der Waals surface area (Å²) in [6, 6.07) is 6.23. The maximum atomic E-state index is 12.0. The van der Waals surface area contributed by atoms with Gasteiger partial charge in [-0.2, -0.15) is 0 Å². The number of aromatic hydroxyl groups is 1. The van der Waals surface area contributed by atoms with Crippen LogP contribution >= 0.6 is 0 Å². The van der Waals surface area contributed by atoms with Crippen molar-refractivity contribution in [2.24, 2.45) is 5.73 Å². The summed E-state index contributed by atoms with van der Waals surface area (Å²) in [7, 11) is 0. The Morgan fingerprint density at radius 1 is 1.25 bits per heavy atom. The third-order valence-corrected chi connectivity index (χ3v) is 3.77. The number of rotatable bonds is 4. The van der Waals surface area contributed by atoms with Gasteiger partial charge in [0, 0.05) is 6.04 Å². The fraction of sp³-hybridized carbons (Fsp3) is 0.533. The van der Waals surface area contributed by atoms with Crippen molar-refractivity contribution in [3.05, 3.63) is 29.8 Å². The summed E-state index contributed by atoms with van der Waals surface area (Å²) < 4.78 is 0. The number of hydrogen-bond donors (Lipinski definition) is 4. The maximum absolute atomic E-state index is 12.0. The Labute approximate surface area is 118 Å². The van der Waals surface area contributed by atoms with Crippen LogP contribution in [-0.4, -0.2) is 34.3 Å². The highest BCUT2D eigenvalue weighted by Crippen LogP contribution is 2.18. The highest BCUT2D eigenvalue weighted by Gasteiger charge is 2.23. The number of carbonyl (C=O) groups excluding carboxylic acids is 1. The first kappa shape index (κ1) is 14.8. The van der Waals surface area contributed by atoms with Crippen LogP contribution in [-0.2, 0) is 11.2 Å². The zero-order chi connectivity index (χ0) is 14.5. The molecule has 1 aromatic carbocycles. The van der Waals surface area contributed by atoms with Crippen LogP contribution in [0.25, 0.3) is 0 Å². The summed E-state index contributed by atoms with van der Waals surface area (Å²) in [5, 5.41) is 21.6. The number of benzene rings is 1. The Hall–Kier alpha value is -1.59. The molecular formula is C15H22N2O3. The van der Waals surface area contributed by atoms with E-state index < -0.39 is 6.04 Å². The van der Waals surface area contributed by atoms with E-state index in [0.29, 0.717) is 6.42 Å². The van der Waals surface area contributed by atoms with Gasteiger partial charge in [-0.25, -0.2) is 0 Å². The molecule has 5 nitrogen and oxygen atoms in total. The minimum atomic E-state index is -0.591. The van der Waals surface area contributed by atoms with E-state index in [1.807, 2.05) is 0 Å². The average Bonchev–Trinajstić information content (AvgIpc) is 2.44. The van der Waals surface area contributed by atoms with Crippen LogP contribution in [0.4, 0.5) is 0 Å². The lowest BCUT2D eigenvalue weighted by atomic mass is 9.93. The first-order valence-corrected chi connectivity index (χ1v) is 7.06. The third kappa shape index (κ3) is 4.21. The number of phenolic OH excluding ortho intramolecular Hbond substituents is 1. The van der Waals surface area contributed by atoms with Gasteiger partial charge in [-0.3, -0.25) is 4.79 Å². The van der Waals surface area contributed by atoms with Gasteiger partial charge in [0.1, 0.15) is 5.75 Å². The molecule has 1 atom stereocenters. The lowest BCUT2D eigenvalue weighted by molar-refractivity contribution is -0.123. The predicted octanol–water partition coefficient (Wildman–Crippen LogP) is 0.682. The normalized spacial score (nSPS) is 24.1. The maximum Gasteiger partial charge on any atom is 0.237 e. The number of nitrogens with two attached hydrogens (primary N) is 1. The summed E-state index contributed by atoms with van der Waals surface area (Å²) in [5.74, 6) is 0.0481. The van der Waals surface area contributed by atoms with E-state index in [1.165, 1.54) is 0 Å². The zero-order valence-electron chi connectivity index (χ0n) is 11.5. The number of carbonyl (C=O) groups is 1. The van der Waals surface area contributed by atoms with Crippen molar-refractivity contribution in [2.75, 3.05) is 0 Å². The van der Waals surface area contributed by atoms with Gasteiger partial charge in [0.15, 0.2) is 0 Å². The molecule has 2 rings (SSSR count). The smallest absolute Gasteiger partial charge is 0.237 e. The van der Waals surface area contributed by atoms with Crippen LogP contribution in [0.2, 0.25) is 0 Å². The van der Waals surface area contributed by atoms with Crippen molar-refractivity contribution in [1.82, 2.24) is 5.32 Å². The molecular weight excluding hydrogens is 256 g/mol. The Balaban J connectivity index is 1.81. The van der Waals surface area contributed by atoms with E-state index in [2.05, 4.69) is 5.32 Å². The molecule has 110 valence electrons. The SMILES string of the molecule is N[C@@H](Cc1ccc(O)cc1)C(=O)NC1CCC(O)CC1. The molecule has 1 fully saturated rings. The van der Waals surface area contributed by atoms with Crippen molar-refractivity contribution in [3.63, 3.8) is 0 Å². The van der Waals surface area contributed by atoms with Gasteiger partial charge in [0.2, 0.25) is 5.91 Å². The van der Waals surface area contributed by atoms with E-state index in [1.54, 1.807) is 24.3 Å². The molecule has 0 spiro atoms. The van der Waals surface area contributed by atoms with Crippen molar-refractivity contribution < 1.29 is 15.0 Å². The number of nitrogens with one attached hydrogen (secondary N) is 1. The van der Waals surface area contributed by atoms with Crippen molar-refractivity contribution in [2.45, 2.75) is 50.3 Å². The van der Waals surface area contributed by atoms with E-state index in [9.17, 15) is 15.0 Å². The number of aliphatic hydroxyl groups is 1. The van der Waals surface area contributed by atoms with Gasteiger partial charge >= 0.3 is 0 Å². The van der Waals surface area contributed by atoms with E-state index in [-0.39, 0.29) is 23.8 Å². The van der Waals surface area contributed by atoms with Gasteiger partial charge in [-0.1, -0.05) is 12.1 Å². The molecule has 0 saturated heterocycles. The minimum Gasteiger partial charge on any atom is -0.508 e. The molecule has 1 aliphatic rings. The van der Waals surface area contributed by atoms with Gasteiger partial charge < -0.3 is 21.3 Å². The van der Waals surface area contributed by atoms with Crippen LogP contribution in [0.5, 0.6) is 5.75 Å². The predicted molar refractivity (Wildman–Crippen MR) is 76.2 cm³/mol. The number of aliphatic hydroxyl groups excluding tert-OH is 1. The van der Waals surface area contributed by atoms with Crippen LogP contribution in [0.3, 0.4) is 0 Å². The molecule has 1 aromatic rings. The second kappa shape index (κ2) is 6.72. The topological polar surface area (TPSA) is 95.6 Å². The van der Waals surface area contributed by atoms with Gasteiger partial charge in [0.25, 0.3) is 0 Å². The number of amides is 1. The minimum absolute atomic E-state index is 0.122. The molecule has 20 heavy (non-hydrogen) atoms. The van der Waals surface area contributed by atoms with Crippen LogP contribution in [0, 0.1) is 0 Å².